The van der Waals surface area contributed by atoms with Gasteiger partial charge in [0.1, 0.15) is 0 Å². The first-order chi connectivity index (χ1) is 13.4. The second kappa shape index (κ2) is 7.20. The molecule has 4 rings (SSSR count). The van der Waals surface area contributed by atoms with Crippen molar-refractivity contribution in [1.29, 1.82) is 0 Å². The summed E-state index contributed by atoms with van der Waals surface area (Å²) in [5, 5.41) is 7.93. The smallest absolute Gasteiger partial charge is 0.274 e. The van der Waals surface area contributed by atoms with Gasteiger partial charge in [0.2, 0.25) is 0 Å². The van der Waals surface area contributed by atoms with Crippen LogP contribution in [0.25, 0.3) is 10.8 Å². The topological polar surface area (TPSA) is 98.1 Å². The fourth-order valence-corrected chi connectivity index (χ4v) is 5.10. The van der Waals surface area contributed by atoms with E-state index >= 15 is 0 Å². The van der Waals surface area contributed by atoms with Crippen molar-refractivity contribution in [3.63, 3.8) is 0 Å². The molecule has 0 aliphatic carbocycles. The molecule has 0 bridgehead atoms. The van der Waals surface area contributed by atoms with E-state index in [1.165, 1.54) is 4.68 Å². The second-order valence-corrected chi connectivity index (χ2v) is 9.14. The quantitative estimate of drug-likeness (QED) is 0.717. The highest BCUT2D eigenvalue weighted by Crippen LogP contribution is 2.16. The maximum Gasteiger partial charge on any atom is 0.274 e. The van der Waals surface area contributed by atoms with Gasteiger partial charge in [-0.3, -0.25) is 9.59 Å². The third-order valence-corrected chi connectivity index (χ3v) is 6.59. The molecule has 1 aliphatic rings. The van der Waals surface area contributed by atoms with Crippen molar-refractivity contribution in [2.75, 3.05) is 11.5 Å². The average molecular weight is 397 g/mol. The van der Waals surface area contributed by atoms with Gasteiger partial charge in [0.05, 0.1) is 23.4 Å². The molecule has 0 spiro atoms. The number of carbonyl (C=O) groups is 1. The Bertz CT molecular complexity index is 1200. The maximum absolute atomic E-state index is 12.9. The number of nitrogens with zero attached hydrogens (tertiary/aromatic N) is 2. The van der Waals surface area contributed by atoms with Gasteiger partial charge in [-0.25, -0.2) is 13.1 Å². The zero-order chi connectivity index (χ0) is 19.7. The summed E-state index contributed by atoms with van der Waals surface area (Å²) in [6.45, 7) is 0.239. The van der Waals surface area contributed by atoms with Crippen LogP contribution in [-0.4, -0.2) is 41.7 Å². The van der Waals surface area contributed by atoms with Crippen LogP contribution in [0.15, 0.2) is 59.4 Å². The van der Waals surface area contributed by atoms with Crippen molar-refractivity contribution in [2.24, 2.45) is 0 Å². The molecule has 144 valence electrons. The molecule has 2 aromatic carbocycles. The van der Waals surface area contributed by atoms with Crippen LogP contribution in [0, 0.1) is 0 Å². The first-order valence-corrected chi connectivity index (χ1v) is 10.8. The van der Waals surface area contributed by atoms with Gasteiger partial charge < -0.3 is 5.32 Å². The second-order valence-electron chi connectivity index (χ2n) is 6.92. The summed E-state index contributed by atoms with van der Waals surface area (Å²) in [4.78, 5) is 25.7. The zero-order valence-electron chi connectivity index (χ0n) is 15.0. The molecule has 1 amide bonds. The number of fused-ring (bicyclic) bond motifs is 1. The molecule has 3 aromatic rings. The predicted molar refractivity (Wildman–Crippen MR) is 106 cm³/mol. The first-order valence-electron chi connectivity index (χ1n) is 8.98. The summed E-state index contributed by atoms with van der Waals surface area (Å²) < 4.78 is 24.6. The molecule has 1 aliphatic heterocycles. The molecule has 1 N–H and O–H groups in total. The summed E-state index contributed by atoms with van der Waals surface area (Å²) in [6.07, 6.45) is 0.385. The van der Waals surface area contributed by atoms with Gasteiger partial charge in [-0.15, -0.1) is 0 Å². The van der Waals surface area contributed by atoms with Crippen LogP contribution in [-0.2, 0) is 16.4 Å². The van der Waals surface area contributed by atoms with Gasteiger partial charge in [0.15, 0.2) is 15.5 Å². The number of benzene rings is 2. The minimum absolute atomic E-state index is 0.0691. The normalized spacial score (nSPS) is 18.2. The van der Waals surface area contributed by atoms with Crippen LogP contribution < -0.4 is 10.9 Å². The van der Waals surface area contributed by atoms with Crippen LogP contribution in [0.2, 0.25) is 0 Å². The largest absolute Gasteiger partial charge is 0.347 e. The van der Waals surface area contributed by atoms with Crippen molar-refractivity contribution < 1.29 is 13.2 Å². The number of hydrogen-bond donors (Lipinski definition) is 1. The highest BCUT2D eigenvalue weighted by atomic mass is 32.2. The molecule has 0 radical (unpaired) electrons. The Balaban J connectivity index is 1.73. The highest BCUT2D eigenvalue weighted by Gasteiger charge is 2.30. The van der Waals surface area contributed by atoms with Gasteiger partial charge in [-0.1, -0.05) is 48.5 Å². The lowest BCUT2D eigenvalue weighted by Gasteiger charge is -2.14. The van der Waals surface area contributed by atoms with Crippen LogP contribution >= 0.6 is 0 Å². The lowest BCUT2D eigenvalue weighted by atomic mass is 10.1. The summed E-state index contributed by atoms with van der Waals surface area (Å²) in [5.41, 5.74) is 0.732. The number of sulfone groups is 1. The highest BCUT2D eigenvalue weighted by molar-refractivity contribution is 7.91. The molecule has 1 aromatic heterocycles. The molecule has 8 heteroatoms. The van der Waals surface area contributed by atoms with Crippen molar-refractivity contribution in [3.8, 4) is 0 Å². The van der Waals surface area contributed by atoms with Crippen molar-refractivity contribution >= 4 is 26.5 Å². The van der Waals surface area contributed by atoms with Crippen LogP contribution in [0.1, 0.15) is 22.5 Å². The molecule has 7 nitrogen and oxygen atoms in total. The monoisotopic (exact) mass is 397 g/mol. The Kier molecular flexibility index (Phi) is 4.72. The van der Waals surface area contributed by atoms with Crippen molar-refractivity contribution in [2.45, 2.75) is 19.0 Å². The maximum atomic E-state index is 12.9. The van der Waals surface area contributed by atoms with E-state index in [-0.39, 0.29) is 29.3 Å². The standard InChI is InChI=1S/C20H19N3O4S/c24-19(21-15-10-11-28(26,27)13-15)18-16-8-4-5-9-17(16)20(25)23(22-18)12-14-6-2-1-3-7-14/h1-9,15H,10-13H2,(H,21,24)/t15-/m0/s1. The Morgan fingerprint density at radius 1 is 1.07 bits per heavy atom. The van der Waals surface area contributed by atoms with E-state index in [1.807, 2.05) is 30.3 Å². The number of nitrogens with one attached hydrogen (secondary N) is 1. The molecule has 1 saturated heterocycles. The molecule has 1 fully saturated rings. The predicted octanol–water partition coefficient (Wildman–Crippen LogP) is 1.36. The number of rotatable bonds is 4. The average Bonchev–Trinajstić information content (AvgIpc) is 3.03. The third kappa shape index (κ3) is 3.68. The molecule has 28 heavy (non-hydrogen) atoms. The number of hydrogen-bond acceptors (Lipinski definition) is 5. The molecule has 0 saturated carbocycles. The number of aromatic nitrogens is 2. The Morgan fingerprint density at radius 3 is 2.43 bits per heavy atom. The lowest BCUT2D eigenvalue weighted by molar-refractivity contribution is 0.0935. The van der Waals surface area contributed by atoms with Crippen molar-refractivity contribution in [3.05, 3.63) is 76.2 Å². The van der Waals surface area contributed by atoms with E-state index in [1.54, 1.807) is 24.3 Å². The fraction of sp³-hybridized carbons (Fsp3) is 0.250. The Labute approximate surface area is 161 Å². The van der Waals surface area contributed by atoms with Gasteiger partial charge >= 0.3 is 0 Å². The third-order valence-electron chi connectivity index (χ3n) is 4.83. The fourth-order valence-electron chi connectivity index (χ4n) is 3.43. The molecule has 0 unspecified atom stereocenters. The summed E-state index contributed by atoms with van der Waals surface area (Å²) in [6, 6.07) is 15.8. The van der Waals surface area contributed by atoms with Gasteiger partial charge in [0, 0.05) is 11.4 Å². The van der Waals surface area contributed by atoms with E-state index < -0.39 is 21.8 Å². The van der Waals surface area contributed by atoms with E-state index in [2.05, 4.69) is 10.4 Å². The van der Waals surface area contributed by atoms with Crippen LogP contribution in [0.5, 0.6) is 0 Å². The molecular formula is C20H19N3O4S. The molecule has 2 heterocycles. The Hall–Kier alpha value is -3.00. The summed E-state index contributed by atoms with van der Waals surface area (Å²) in [7, 11) is -3.11. The van der Waals surface area contributed by atoms with Crippen molar-refractivity contribution in [1.82, 2.24) is 15.1 Å². The first kappa shape index (κ1) is 18.4. The van der Waals surface area contributed by atoms with E-state index in [9.17, 15) is 18.0 Å². The minimum atomic E-state index is -3.11. The molecule has 1 atom stereocenters. The van der Waals surface area contributed by atoms with E-state index in [4.69, 9.17) is 0 Å². The van der Waals surface area contributed by atoms with Crippen LogP contribution in [0.3, 0.4) is 0 Å². The summed E-state index contributed by atoms with van der Waals surface area (Å²) in [5.74, 6) is -0.472. The number of carbonyl (C=O) groups excluding carboxylic acids is 1. The van der Waals surface area contributed by atoms with Gasteiger partial charge in [0.25, 0.3) is 11.5 Å². The van der Waals surface area contributed by atoms with Gasteiger partial charge in [-0.05, 0) is 18.1 Å². The lowest BCUT2D eigenvalue weighted by Crippen LogP contribution is -2.37. The Morgan fingerprint density at radius 2 is 1.75 bits per heavy atom. The number of amides is 1. The van der Waals surface area contributed by atoms with Crippen LogP contribution in [0.4, 0.5) is 0 Å². The minimum Gasteiger partial charge on any atom is -0.347 e. The van der Waals surface area contributed by atoms with E-state index in [0.29, 0.717) is 17.2 Å². The summed E-state index contributed by atoms with van der Waals surface area (Å²) >= 11 is 0. The van der Waals surface area contributed by atoms with E-state index in [0.717, 1.165) is 5.56 Å². The van der Waals surface area contributed by atoms with Gasteiger partial charge in [-0.2, -0.15) is 5.10 Å². The zero-order valence-corrected chi connectivity index (χ0v) is 15.9. The molecular weight excluding hydrogens is 378 g/mol. The SMILES string of the molecule is O=C(N[C@H]1CCS(=O)(=O)C1)c1nn(Cc2ccccc2)c(=O)c2ccccc12.